The Kier molecular flexibility index (Phi) is 3.16. The average molecular weight is 198 g/mol. The first-order chi connectivity index (χ1) is 6.48. The lowest BCUT2D eigenvalue weighted by Gasteiger charge is -2.19. The summed E-state index contributed by atoms with van der Waals surface area (Å²) in [6.45, 7) is 7.13. The normalized spacial score (nSPS) is 11.8. The highest BCUT2D eigenvalue weighted by atomic mass is 16.5. The van der Waals surface area contributed by atoms with Gasteiger partial charge >= 0.3 is 0 Å². The van der Waals surface area contributed by atoms with E-state index in [1.54, 1.807) is 18.0 Å². The maximum Gasteiger partial charge on any atom is 0.217 e. The van der Waals surface area contributed by atoms with Crippen LogP contribution in [0, 0.1) is 5.41 Å². The van der Waals surface area contributed by atoms with Crippen molar-refractivity contribution in [1.29, 1.82) is 0 Å². The summed E-state index contributed by atoms with van der Waals surface area (Å²) in [5, 5.41) is 13.2. The summed E-state index contributed by atoms with van der Waals surface area (Å²) in [5.74, 6) is 0.655. The zero-order valence-electron chi connectivity index (χ0n) is 9.24. The molecule has 0 fully saturated rings. The summed E-state index contributed by atoms with van der Waals surface area (Å²) in [7, 11) is 1.59. The van der Waals surface area contributed by atoms with E-state index in [0.717, 1.165) is 12.1 Å². The van der Waals surface area contributed by atoms with Crippen LogP contribution in [-0.4, -0.2) is 22.0 Å². The van der Waals surface area contributed by atoms with E-state index in [4.69, 9.17) is 9.84 Å². The first-order valence-corrected chi connectivity index (χ1v) is 4.67. The first kappa shape index (κ1) is 11.0. The molecule has 0 spiro atoms. The molecule has 80 valence electrons. The first-order valence-electron chi connectivity index (χ1n) is 4.67. The second kappa shape index (κ2) is 4.00. The van der Waals surface area contributed by atoms with E-state index >= 15 is 0 Å². The van der Waals surface area contributed by atoms with E-state index in [1.165, 1.54) is 0 Å². The SMILES string of the molecule is COc1c(CO)cnn1CC(C)(C)C. The number of methoxy groups -OCH3 is 1. The van der Waals surface area contributed by atoms with E-state index < -0.39 is 0 Å². The molecule has 1 heterocycles. The lowest BCUT2D eigenvalue weighted by atomic mass is 9.97. The molecular weight excluding hydrogens is 180 g/mol. The molecule has 0 bridgehead atoms. The Morgan fingerprint density at radius 3 is 2.57 bits per heavy atom. The second-order valence-corrected chi connectivity index (χ2v) is 4.56. The molecule has 0 radical (unpaired) electrons. The topological polar surface area (TPSA) is 47.3 Å². The van der Waals surface area contributed by atoms with Gasteiger partial charge < -0.3 is 9.84 Å². The molecule has 0 aromatic carbocycles. The zero-order chi connectivity index (χ0) is 10.8. The van der Waals surface area contributed by atoms with Gasteiger partial charge in [0.25, 0.3) is 0 Å². The molecule has 0 amide bonds. The largest absolute Gasteiger partial charge is 0.481 e. The van der Waals surface area contributed by atoms with Crippen LogP contribution in [0.25, 0.3) is 0 Å². The molecule has 0 saturated carbocycles. The van der Waals surface area contributed by atoms with Crippen molar-refractivity contribution in [1.82, 2.24) is 9.78 Å². The Morgan fingerprint density at radius 1 is 1.50 bits per heavy atom. The Hall–Kier alpha value is -1.03. The highest BCUT2D eigenvalue weighted by molar-refractivity contribution is 5.23. The molecule has 14 heavy (non-hydrogen) atoms. The summed E-state index contributed by atoms with van der Waals surface area (Å²) in [6.07, 6.45) is 1.64. The van der Waals surface area contributed by atoms with Gasteiger partial charge in [0.2, 0.25) is 5.88 Å². The molecule has 0 atom stereocenters. The number of nitrogens with zero attached hydrogens (tertiary/aromatic N) is 2. The van der Waals surface area contributed by atoms with Crippen molar-refractivity contribution in [3.8, 4) is 5.88 Å². The number of aliphatic hydroxyl groups excluding tert-OH is 1. The lowest BCUT2D eigenvalue weighted by Crippen LogP contribution is -2.17. The number of aromatic nitrogens is 2. The van der Waals surface area contributed by atoms with E-state index in [1.807, 2.05) is 0 Å². The van der Waals surface area contributed by atoms with Gasteiger partial charge in [-0.15, -0.1) is 0 Å². The minimum Gasteiger partial charge on any atom is -0.481 e. The molecule has 0 saturated heterocycles. The summed E-state index contributed by atoms with van der Waals surface area (Å²) in [4.78, 5) is 0. The zero-order valence-corrected chi connectivity index (χ0v) is 9.24. The van der Waals surface area contributed by atoms with Gasteiger partial charge in [-0.25, -0.2) is 4.68 Å². The van der Waals surface area contributed by atoms with Crippen LogP contribution in [0.4, 0.5) is 0 Å². The minimum absolute atomic E-state index is 0.0344. The molecule has 4 heteroatoms. The highest BCUT2D eigenvalue weighted by Gasteiger charge is 2.17. The molecule has 1 aromatic heterocycles. The van der Waals surface area contributed by atoms with Crippen LogP contribution in [0.1, 0.15) is 26.3 Å². The van der Waals surface area contributed by atoms with Gasteiger partial charge in [-0.05, 0) is 5.41 Å². The summed E-state index contributed by atoms with van der Waals surface area (Å²) in [6, 6.07) is 0. The van der Waals surface area contributed by atoms with Crippen LogP contribution in [0.5, 0.6) is 5.88 Å². The number of ether oxygens (including phenoxy) is 1. The average Bonchev–Trinajstić information content (AvgIpc) is 2.43. The summed E-state index contributed by atoms with van der Waals surface area (Å²) >= 11 is 0. The molecule has 0 aliphatic carbocycles. The van der Waals surface area contributed by atoms with E-state index in [2.05, 4.69) is 25.9 Å². The number of rotatable bonds is 3. The van der Waals surface area contributed by atoms with Crippen LogP contribution in [-0.2, 0) is 13.2 Å². The molecule has 0 unspecified atom stereocenters. The lowest BCUT2D eigenvalue weighted by molar-refractivity contribution is 0.259. The molecule has 1 rings (SSSR count). The van der Waals surface area contributed by atoms with Crippen molar-refractivity contribution in [3.05, 3.63) is 11.8 Å². The fourth-order valence-corrected chi connectivity index (χ4v) is 1.32. The van der Waals surface area contributed by atoms with Gasteiger partial charge in [-0.2, -0.15) is 5.10 Å². The maximum atomic E-state index is 9.03. The monoisotopic (exact) mass is 198 g/mol. The fraction of sp³-hybridized carbons (Fsp3) is 0.700. The van der Waals surface area contributed by atoms with Crippen LogP contribution >= 0.6 is 0 Å². The van der Waals surface area contributed by atoms with E-state index in [0.29, 0.717) is 5.88 Å². The Bertz CT molecular complexity index is 300. The molecular formula is C10H18N2O2. The summed E-state index contributed by atoms with van der Waals surface area (Å²) < 4.78 is 6.98. The van der Waals surface area contributed by atoms with Gasteiger partial charge in [0.1, 0.15) is 0 Å². The second-order valence-electron chi connectivity index (χ2n) is 4.56. The fourth-order valence-electron chi connectivity index (χ4n) is 1.32. The van der Waals surface area contributed by atoms with Gasteiger partial charge in [0.15, 0.2) is 0 Å². The van der Waals surface area contributed by atoms with Crippen LogP contribution in [0.2, 0.25) is 0 Å². The molecule has 4 nitrogen and oxygen atoms in total. The molecule has 1 N–H and O–H groups in total. The van der Waals surface area contributed by atoms with E-state index in [-0.39, 0.29) is 12.0 Å². The quantitative estimate of drug-likeness (QED) is 0.799. The van der Waals surface area contributed by atoms with Crippen molar-refractivity contribution in [3.63, 3.8) is 0 Å². The van der Waals surface area contributed by atoms with Crippen molar-refractivity contribution in [2.24, 2.45) is 5.41 Å². The van der Waals surface area contributed by atoms with Gasteiger partial charge in [0, 0.05) is 6.54 Å². The number of hydrogen-bond acceptors (Lipinski definition) is 3. The van der Waals surface area contributed by atoms with Crippen molar-refractivity contribution in [2.45, 2.75) is 33.9 Å². The third kappa shape index (κ3) is 2.48. The standard InChI is InChI=1S/C10H18N2O2/c1-10(2,3)7-12-9(14-4)8(6-13)5-11-12/h5,13H,6-7H2,1-4H3. The Balaban J connectivity index is 2.92. The van der Waals surface area contributed by atoms with Crippen molar-refractivity contribution >= 4 is 0 Å². The molecule has 0 aliphatic rings. The molecule has 1 aromatic rings. The van der Waals surface area contributed by atoms with Gasteiger partial charge in [-0.1, -0.05) is 20.8 Å². The van der Waals surface area contributed by atoms with Gasteiger partial charge in [-0.3, -0.25) is 0 Å². The highest BCUT2D eigenvalue weighted by Crippen LogP contribution is 2.23. The van der Waals surface area contributed by atoms with Crippen molar-refractivity contribution < 1.29 is 9.84 Å². The third-order valence-electron chi connectivity index (χ3n) is 1.85. The van der Waals surface area contributed by atoms with Crippen LogP contribution < -0.4 is 4.74 Å². The molecule has 0 aliphatic heterocycles. The smallest absolute Gasteiger partial charge is 0.217 e. The van der Waals surface area contributed by atoms with Crippen LogP contribution in [0.15, 0.2) is 6.20 Å². The maximum absolute atomic E-state index is 9.03. The number of hydrogen-bond donors (Lipinski definition) is 1. The Labute approximate surface area is 84.5 Å². The van der Waals surface area contributed by atoms with E-state index in [9.17, 15) is 0 Å². The van der Waals surface area contributed by atoms with Crippen LogP contribution in [0.3, 0.4) is 0 Å². The van der Waals surface area contributed by atoms with Gasteiger partial charge in [0.05, 0.1) is 25.5 Å². The van der Waals surface area contributed by atoms with Crippen molar-refractivity contribution in [2.75, 3.05) is 7.11 Å². The third-order valence-corrected chi connectivity index (χ3v) is 1.85. The predicted molar refractivity (Wildman–Crippen MR) is 54.2 cm³/mol. The summed E-state index contributed by atoms with van der Waals surface area (Å²) in [5.41, 5.74) is 0.878. The number of aliphatic hydroxyl groups is 1. The minimum atomic E-state index is -0.0344. The Morgan fingerprint density at radius 2 is 2.14 bits per heavy atom. The predicted octanol–water partition coefficient (Wildman–Crippen LogP) is 1.43.